The zero-order valence-corrected chi connectivity index (χ0v) is 16.8. The number of nitrogens with zero attached hydrogens (tertiary/aromatic N) is 2. The Labute approximate surface area is 174 Å². The Hall–Kier alpha value is -3.92. The van der Waals surface area contributed by atoms with Gasteiger partial charge in [-0.25, -0.2) is 0 Å². The zero-order valence-electron chi connectivity index (χ0n) is 16.8. The van der Waals surface area contributed by atoms with E-state index in [1.807, 2.05) is 62.4 Å². The minimum absolute atomic E-state index is 0.0536. The van der Waals surface area contributed by atoms with Crippen LogP contribution in [0.15, 0.2) is 60.0 Å². The van der Waals surface area contributed by atoms with Crippen molar-refractivity contribution in [1.82, 2.24) is 10.2 Å². The highest BCUT2D eigenvalue weighted by molar-refractivity contribution is 5.71. The summed E-state index contributed by atoms with van der Waals surface area (Å²) in [7, 11) is 0. The number of nitriles is 1. The van der Waals surface area contributed by atoms with Gasteiger partial charge in [-0.2, -0.15) is 5.26 Å². The molecular weight excluding hydrogens is 380 g/mol. The largest absolute Gasteiger partial charge is 0.494 e. The highest BCUT2D eigenvalue weighted by Crippen LogP contribution is 2.46. The Balaban J connectivity index is 1.88. The van der Waals surface area contributed by atoms with Gasteiger partial charge in [0.05, 0.1) is 30.4 Å². The first kappa shape index (κ1) is 19.4. The fourth-order valence-electron chi connectivity index (χ4n) is 3.66. The van der Waals surface area contributed by atoms with E-state index in [9.17, 15) is 5.26 Å². The molecule has 4 rings (SSSR count). The molecule has 152 valence electrons. The summed E-state index contributed by atoms with van der Waals surface area (Å²) in [4.78, 5) is 0. The molecule has 2 aromatic carbocycles. The fraction of sp³-hybridized carbons (Fsp3) is 0.217. The van der Waals surface area contributed by atoms with Crippen LogP contribution in [0.25, 0.3) is 11.3 Å². The van der Waals surface area contributed by atoms with Gasteiger partial charge in [-0.05, 0) is 43.7 Å². The third-order valence-corrected chi connectivity index (χ3v) is 4.88. The summed E-state index contributed by atoms with van der Waals surface area (Å²) in [5.74, 6) is 1.44. The van der Waals surface area contributed by atoms with E-state index in [0.717, 1.165) is 33.9 Å². The number of benzene rings is 2. The number of hydrogen-bond donors (Lipinski definition) is 2. The van der Waals surface area contributed by atoms with Crippen LogP contribution in [0.3, 0.4) is 0 Å². The molecule has 0 saturated carbocycles. The lowest BCUT2D eigenvalue weighted by Crippen LogP contribution is -2.21. The Kier molecular flexibility index (Phi) is 5.31. The van der Waals surface area contributed by atoms with Gasteiger partial charge in [0.1, 0.15) is 23.1 Å². The summed E-state index contributed by atoms with van der Waals surface area (Å²) in [5.41, 5.74) is 9.65. The van der Waals surface area contributed by atoms with Gasteiger partial charge in [0, 0.05) is 5.56 Å². The first-order valence-electron chi connectivity index (χ1n) is 9.78. The number of allylic oxidation sites excluding steroid dienone is 1. The molecule has 0 saturated heterocycles. The molecule has 3 aromatic rings. The van der Waals surface area contributed by atoms with Crippen LogP contribution in [0, 0.1) is 11.3 Å². The van der Waals surface area contributed by atoms with E-state index in [1.54, 1.807) is 0 Å². The number of H-pyrrole nitrogens is 1. The average molecular weight is 402 g/mol. The van der Waals surface area contributed by atoms with Crippen LogP contribution in [0.5, 0.6) is 17.4 Å². The van der Waals surface area contributed by atoms with E-state index < -0.39 is 5.92 Å². The Bertz CT molecular complexity index is 1140. The average Bonchev–Trinajstić information content (AvgIpc) is 3.17. The van der Waals surface area contributed by atoms with Crippen molar-refractivity contribution in [3.63, 3.8) is 0 Å². The molecule has 30 heavy (non-hydrogen) atoms. The molecule has 0 fully saturated rings. The second kappa shape index (κ2) is 8.21. The molecule has 0 spiro atoms. The molecule has 1 aliphatic rings. The molecule has 1 unspecified atom stereocenters. The van der Waals surface area contributed by atoms with E-state index in [-0.39, 0.29) is 5.88 Å². The minimum Gasteiger partial charge on any atom is -0.494 e. The first-order chi connectivity index (χ1) is 14.7. The van der Waals surface area contributed by atoms with E-state index in [4.69, 9.17) is 19.9 Å². The maximum atomic E-state index is 9.85. The second-order valence-corrected chi connectivity index (χ2v) is 6.71. The topological polar surface area (TPSA) is 106 Å². The van der Waals surface area contributed by atoms with E-state index >= 15 is 0 Å². The van der Waals surface area contributed by atoms with Gasteiger partial charge in [0.25, 0.3) is 0 Å². The monoisotopic (exact) mass is 402 g/mol. The van der Waals surface area contributed by atoms with Crippen molar-refractivity contribution >= 4 is 0 Å². The number of fused-ring (bicyclic) bond motifs is 1. The Morgan fingerprint density at radius 3 is 2.50 bits per heavy atom. The quantitative estimate of drug-likeness (QED) is 0.643. The summed E-state index contributed by atoms with van der Waals surface area (Å²) in [5, 5.41) is 17.2. The number of hydrogen-bond acceptors (Lipinski definition) is 6. The van der Waals surface area contributed by atoms with Crippen LogP contribution in [0.2, 0.25) is 0 Å². The summed E-state index contributed by atoms with van der Waals surface area (Å²) in [6, 6.07) is 17.6. The molecule has 0 radical (unpaired) electrons. The molecule has 2 heterocycles. The number of nitrogens with one attached hydrogen (secondary N) is 1. The molecule has 1 aromatic heterocycles. The summed E-state index contributed by atoms with van der Waals surface area (Å²) < 4.78 is 17.0. The predicted molar refractivity (Wildman–Crippen MR) is 112 cm³/mol. The van der Waals surface area contributed by atoms with Gasteiger partial charge in [-0.3, -0.25) is 5.10 Å². The minimum atomic E-state index is -0.441. The van der Waals surface area contributed by atoms with Crippen molar-refractivity contribution in [1.29, 1.82) is 5.26 Å². The molecule has 0 aliphatic carbocycles. The fourth-order valence-corrected chi connectivity index (χ4v) is 3.66. The standard InChI is InChI=1S/C23H22N4O3/c1-3-28-16-9-5-7-14(11-16)19-18(13-24)22(25)30-23-20(19)21(26-27-23)15-8-6-10-17(12-15)29-4-2/h5-12,19H,3-4,25H2,1-2H3,(H,26,27). The van der Waals surface area contributed by atoms with Crippen LogP contribution in [0.4, 0.5) is 0 Å². The molecule has 7 heteroatoms. The highest BCUT2D eigenvalue weighted by Gasteiger charge is 2.35. The van der Waals surface area contributed by atoms with Crippen molar-refractivity contribution in [3.8, 4) is 34.7 Å². The van der Waals surface area contributed by atoms with Crippen molar-refractivity contribution in [2.45, 2.75) is 19.8 Å². The SMILES string of the molecule is CCOc1cccc(-c2[nH]nc3c2C(c2cccc(OCC)c2)C(C#N)=C(N)O3)c1. The Morgan fingerprint density at radius 1 is 1.10 bits per heavy atom. The van der Waals surface area contributed by atoms with Crippen molar-refractivity contribution < 1.29 is 14.2 Å². The molecule has 3 N–H and O–H groups in total. The van der Waals surface area contributed by atoms with E-state index in [2.05, 4.69) is 16.3 Å². The van der Waals surface area contributed by atoms with Gasteiger partial charge in [-0.15, -0.1) is 5.10 Å². The molecule has 1 atom stereocenters. The number of aromatic nitrogens is 2. The first-order valence-corrected chi connectivity index (χ1v) is 9.78. The van der Waals surface area contributed by atoms with Crippen molar-refractivity contribution in [2.24, 2.45) is 5.73 Å². The summed E-state index contributed by atoms with van der Waals surface area (Å²) in [6.45, 7) is 4.98. The van der Waals surface area contributed by atoms with Crippen LogP contribution in [-0.2, 0) is 0 Å². The van der Waals surface area contributed by atoms with Crippen LogP contribution in [-0.4, -0.2) is 23.4 Å². The van der Waals surface area contributed by atoms with E-state index in [0.29, 0.717) is 24.7 Å². The lowest BCUT2D eigenvalue weighted by Gasteiger charge is -2.24. The van der Waals surface area contributed by atoms with Crippen LogP contribution < -0.4 is 19.9 Å². The van der Waals surface area contributed by atoms with Crippen molar-refractivity contribution in [3.05, 3.63) is 71.1 Å². The molecule has 1 aliphatic heterocycles. The Morgan fingerprint density at radius 2 is 1.80 bits per heavy atom. The number of rotatable bonds is 6. The third-order valence-electron chi connectivity index (χ3n) is 4.88. The van der Waals surface area contributed by atoms with Gasteiger partial charge < -0.3 is 19.9 Å². The molecule has 0 bridgehead atoms. The molecular formula is C23H22N4O3. The predicted octanol–water partition coefficient (Wildman–Crippen LogP) is 4.09. The lowest BCUT2D eigenvalue weighted by molar-refractivity contribution is 0.339. The third kappa shape index (κ3) is 3.44. The normalized spacial score (nSPS) is 15.2. The molecule has 0 amide bonds. The van der Waals surface area contributed by atoms with Gasteiger partial charge in [0.15, 0.2) is 0 Å². The van der Waals surface area contributed by atoms with Gasteiger partial charge in [0.2, 0.25) is 11.8 Å². The number of aromatic amines is 1. The molecule has 7 nitrogen and oxygen atoms in total. The maximum Gasteiger partial charge on any atom is 0.244 e. The zero-order chi connectivity index (χ0) is 21.1. The lowest BCUT2D eigenvalue weighted by atomic mass is 9.83. The van der Waals surface area contributed by atoms with E-state index in [1.165, 1.54) is 0 Å². The van der Waals surface area contributed by atoms with Gasteiger partial charge >= 0.3 is 0 Å². The van der Waals surface area contributed by atoms with Crippen LogP contribution >= 0.6 is 0 Å². The highest BCUT2D eigenvalue weighted by atomic mass is 16.5. The summed E-state index contributed by atoms with van der Waals surface area (Å²) >= 11 is 0. The van der Waals surface area contributed by atoms with Crippen molar-refractivity contribution in [2.75, 3.05) is 13.2 Å². The smallest absolute Gasteiger partial charge is 0.244 e. The number of nitrogens with two attached hydrogens (primary N) is 1. The number of ether oxygens (including phenoxy) is 3. The summed E-state index contributed by atoms with van der Waals surface area (Å²) in [6.07, 6.45) is 0. The maximum absolute atomic E-state index is 9.85. The van der Waals surface area contributed by atoms with Crippen LogP contribution in [0.1, 0.15) is 30.9 Å². The van der Waals surface area contributed by atoms with Gasteiger partial charge in [-0.1, -0.05) is 24.3 Å². The second-order valence-electron chi connectivity index (χ2n) is 6.71.